The third kappa shape index (κ3) is 2.20. The summed E-state index contributed by atoms with van der Waals surface area (Å²) < 4.78 is 3.58. The number of allylic oxidation sites excluding steroid dienone is 1. The fourth-order valence-electron chi connectivity index (χ4n) is 1.74. The third-order valence-corrected chi connectivity index (χ3v) is 2.60. The highest BCUT2D eigenvalue weighted by molar-refractivity contribution is 5.66. The third-order valence-electron chi connectivity index (χ3n) is 2.60. The van der Waals surface area contributed by atoms with Crippen LogP contribution in [0.25, 0.3) is 11.4 Å². The van der Waals surface area contributed by atoms with Gasteiger partial charge in [-0.25, -0.2) is 4.68 Å². The highest BCUT2D eigenvalue weighted by Gasteiger charge is 2.14. The first-order chi connectivity index (χ1) is 8.24. The molecule has 6 heteroatoms. The van der Waals surface area contributed by atoms with Crippen LogP contribution in [0.2, 0.25) is 0 Å². The number of hydrogen-bond donors (Lipinski definition) is 1. The number of unbranched alkanes of at least 4 members (excludes halogenated alkanes) is 1. The number of hydrogen-bond acceptors (Lipinski definition) is 4. The second-order valence-corrected chi connectivity index (χ2v) is 3.82. The lowest BCUT2D eigenvalue weighted by atomic mass is 10.2. The minimum absolute atomic E-state index is 0.437. The molecular formula is C11H16N6. The molecule has 0 unspecified atom stereocenters. The zero-order valence-electron chi connectivity index (χ0n) is 9.87. The van der Waals surface area contributed by atoms with Gasteiger partial charge in [-0.3, -0.25) is 4.68 Å². The van der Waals surface area contributed by atoms with Gasteiger partial charge in [0.1, 0.15) is 5.69 Å². The highest BCUT2D eigenvalue weighted by Crippen LogP contribution is 2.23. The van der Waals surface area contributed by atoms with E-state index in [1.807, 2.05) is 23.9 Å². The lowest BCUT2D eigenvalue weighted by molar-refractivity contribution is 0.565. The fraction of sp³-hybridized carbons (Fsp3) is 0.364. The fourth-order valence-corrected chi connectivity index (χ4v) is 1.74. The predicted octanol–water partition coefficient (Wildman–Crippen LogP) is 1.23. The molecule has 0 atom stereocenters. The number of rotatable bonds is 5. The van der Waals surface area contributed by atoms with Gasteiger partial charge in [-0.1, -0.05) is 11.3 Å². The second kappa shape index (κ2) is 4.82. The summed E-state index contributed by atoms with van der Waals surface area (Å²) in [6, 6.07) is 1.90. The minimum atomic E-state index is 0.437. The maximum Gasteiger partial charge on any atom is 0.175 e. The molecule has 2 aromatic rings. The van der Waals surface area contributed by atoms with Gasteiger partial charge in [0, 0.05) is 19.8 Å². The number of nitrogens with two attached hydrogens (primary N) is 1. The first kappa shape index (κ1) is 11.4. The predicted molar refractivity (Wildman–Crippen MR) is 66.1 cm³/mol. The Balaban J connectivity index is 2.30. The Labute approximate surface area is 99.7 Å². The van der Waals surface area contributed by atoms with Crippen molar-refractivity contribution in [3.8, 4) is 11.4 Å². The molecule has 0 aliphatic heterocycles. The highest BCUT2D eigenvalue weighted by atomic mass is 15.5. The van der Waals surface area contributed by atoms with Gasteiger partial charge in [-0.15, -0.1) is 11.7 Å². The topological polar surface area (TPSA) is 74.6 Å². The second-order valence-electron chi connectivity index (χ2n) is 3.82. The number of anilines is 1. The zero-order chi connectivity index (χ0) is 12.3. The average Bonchev–Trinajstić information content (AvgIpc) is 2.86. The molecule has 2 rings (SSSR count). The first-order valence-electron chi connectivity index (χ1n) is 5.52. The normalized spacial score (nSPS) is 10.6. The Bertz CT molecular complexity index is 510. The van der Waals surface area contributed by atoms with Gasteiger partial charge < -0.3 is 5.73 Å². The molecule has 0 spiro atoms. The van der Waals surface area contributed by atoms with E-state index in [1.54, 1.807) is 10.9 Å². The van der Waals surface area contributed by atoms with Crippen molar-refractivity contribution >= 4 is 5.82 Å². The standard InChI is InChI=1S/C11H16N6/c1-3-4-5-8-17-10(11(12)14-15-17)9-6-7-13-16(9)2/h3,6-7H,1,4-5,8,12H2,2H3. The van der Waals surface area contributed by atoms with Crippen molar-refractivity contribution in [3.63, 3.8) is 0 Å². The monoisotopic (exact) mass is 232 g/mol. The van der Waals surface area contributed by atoms with Crippen molar-refractivity contribution in [1.82, 2.24) is 24.8 Å². The molecule has 17 heavy (non-hydrogen) atoms. The molecule has 6 nitrogen and oxygen atoms in total. The van der Waals surface area contributed by atoms with E-state index in [4.69, 9.17) is 5.73 Å². The molecule has 0 saturated heterocycles. The summed E-state index contributed by atoms with van der Waals surface area (Å²) in [5.41, 5.74) is 7.60. The Morgan fingerprint density at radius 2 is 2.35 bits per heavy atom. The summed E-state index contributed by atoms with van der Waals surface area (Å²) in [5, 5.41) is 12.1. The summed E-state index contributed by atoms with van der Waals surface area (Å²) in [6.07, 6.45) is 5.54. The minimum Gasteiger partial charge on any atom is -0.380 e. The van der Waals surface area contributed by atoms with Crippen LogP contribution < -0.4 is 5.73 Å². The van der Waals surface area contributed by atoms with Gasteiger partial charge in [-0.2, -0.15) is 5.10 Å². The Hall–Kier alpha value is -2.11. The SMILES string of the molecule is C=CCCCn1nnc(N)c1-c1ccnn1C. The Morgan fingerprint density at radius 3 is 3.00 bits per heavy atom. The van der Waals surface area contributed by atoms with Crippen molar-refractivity contribution in [2.75, 3.05) is 5.73 Å². The lowest BCUT2D eigenvalue weighted by Crippen LogP contribution is -2.06. The van der Waals surface area contributed by atoms with Crippen molar-refractivity contribution in [2.45, 2.75) is 19.4 Å². The molecule has 0 saturated carbocycles. The average molecular weight is 232 g/mol. The molecule has 2 aromatic heterocycles. The van der Waals surface area contributed by atoms with E-state index < -0.39 is 0 Å². The van der Waals surface area contributed by atoms with Crippen LogP contribution in [0.1, 0.15) is 12.8 Å². The van der Waals surface area contributed by atoms with E-state index in [0.717, 1.165) is 30.8 Å². The molecule has 0 aromatic carbocycles. The molecule has 0 radical (unpaired) electrons. The van der Waals surface area contributed by atoms with Crippen LogP contribution in [0.15, 0.2) is 24.9 Å². The number of aromatic nitrogens is 5. The summed E-state index contributed by atoms with van der Waals surface area (Å²) in [5.74, 6) is 0.437. The van der Waals surface area contributed by atoms with Crippen LogP contribution in [0, 0.1) is 0 Å². The Kier molecular flexibility index (Phi) is 3.22. The summed E-state index contributed by atoms with van der Waals surface area (Å²) in [4.78, 5) is 0. The van der Waals surface area contributed by atoms with E-state index in [1.165, 1.54) is 0 Å². The van der Waals surface area contributed by atoms with Crippen LogP contribution in [0.5, 0.6) is 0 Å². The summed E-state index contributed by atoms with van der Waals surface area (Å²) >= 11 is 0. The van der Waals surface area contributed by atoms with E-state index >= 15 is 0 Å². The smallest absolute Gasteiger partial charge is 0.175 e. The maximum atomic E-state index is 5.85. The van der Waals surface area contributed by atoms with E-state index in [2.05, 4.69) is 22.0 Å². The summed E-state index contributed by atoms with van der Waals surface area (Å²) in [7, 11) is 1.87. The maximum absolute atomic E-state index is 5.85. The van der Waals surface area contributed by atoms with Gasteiger partial charge in [0.15, 0.2) is 5.82 Å². The van der Waals surface area contributed by atoms with E-state index in [0.29, 0.717) is 5.82 Å². The van der Waals surface area contributed by atoms with Gasteiger partial charge in [-0.05, 0) is 18.9 Å². The van der Waals surface area contributed by atoms with Gasteiger partial charge in [0.05, 0.1) is 5.69 Å². The molecule has 0 aliphatic carbocycles. The van der Waals surface area contributed by atoms with E-state index in [9.17, 15) is 0 Å². The van der Waals surface area contributed by atoms with Crippen LogP contribution in [-0.4, -0.2) is 24.8 Å². The van der Waals surface area contributed by atoms with Crippen LogP contribution in [0.4, 0.5) is 5.82 Å². The van der Waals surface area contributed by atoms with Crippen LogP contribution in [-0.2, 0) is 13.6 Å². The molecular weight excluding hydrogens is 216 g/mol. The largest absolute Gasteiger partial charge is 0.380 e. The number of nitrogens with zero attached hydrogens (tertiary/aromatic N) is 5. The lowest BCUT2D eigenvalue weighted by Gasteiger charge is -2.06. The summed E-state index contributed by atoms with van der Waals surface area (Å²) in [6.45, 7) is 4.47. The Morgan fingerprint density at radius 1 is 1.53 bits per heavy atom. The van der Waals surface area contributed by atoms with Crippen molar-refractivity contribution in [2.24, 2.45) is 7.05 Å². The number of nitrogen functional groups attached to an aromatic ring is 1. The van der Waals surface area contributed by atoms with Crippen molar-refractivity contribution in [1.29, 1.82) is 0 Å². The first-order valence-corrected chi connectivity index (χ1v) is 5.52. The zero-order valence-corrected chi connectivity index (χ0v) is 9.87. The molecule has 0 bridgehead atoms. The number of aryl methyl sites for hydroxylation is 2. The quantitative estimate of drug-likeness (QED) is 0.621. The van der Waals surface area contributed by atoms with Gasteiger partial charge in [0.2, 0.25) is 0 Å². The van der Waals surface area contributed by atoms with Gasteiger partial charge >= 0.3 is 0 Å². The molecule has 0 aliphatic rings. The van der Waals surface area contributed by atoms with Crippen LogP contribution in [0.3, 0.4) is 0 Å². The van der Waals surface area contributed by atoms with E-state index in [-0.39, 0.29) is 0 Å². The van der Waals surface area contributed by atoms with Crippen molar-refractivity contribution in [3.05, 3.63) is 24.9 Å². The molecule has 90 valence electrons. The van der Waals surface area contributed by atoms with Crippen molar-refractivity contribution < 1.29 is 0 Å². The van der Waals surface area contributed by atoms with Crippen LogP contribution >= 0.6 is 0 Å². The molecule has 0 amide bonds. The molecule has 2 N–H and O–H groups in total. The molecule has 2 heterocycles. The van der Waals surface area contributed by atoms with Gasteiger partial charge in [0.25, 0.3) is 0 Å². The molecule has 0 fully saturated rings.